The van der Waals surface area contributed by atoms with Crippen molar-refractivity contribution in [1.82, 2.24) is 20.0 Å². The molecule has 0 fully saturated rings. The molecular weight excluding hydrogens is 376 g/mol. The summed E-state index contributed by atoms with van der Waals surface area (Å²) in [5, 5.41) is 5.95. The Bertz CT molecular complexity index is 961. The second kappa shape index (κ2) is 8.62. The second-order valence-electron chi connectivity index (χ2n) is 6.14. The molecule has 0 atom stereocenters. The van der Waals surface area contributed by atoms with Crippen molar-refractivity contribution in [3.63, 3.8) is 0 Å². The quantitative estimate of drug-likeness (QED) is 0.450. The smallest absolute Gasteiger partial charge is 0.227 e. The third-order valence-corrected chi connectivity index (χ3v) is 4.98. The maximum Gasteiger partial charge on any atom is 0.227 e. The van der Waals surface area contributed by atoms with Gasteiger partial charge in [0.05, 0.1) is 19.4 Å². The van der Waals surface area contributed by atoms with Crippen LogP contribution in [-0.2, 0) is 24.3 Å². The van der Waals surface area contributed by atoms with E-state index in [2.05, 4.69) is 15.1 Å². The number of nitrogens with zero attached hydrogens (tertiary/aromatic N) is 4. The number of hydrogen-bond donors (Lipinski definition) is 0. The SMILES string of the molecule is O=C(CCc1nc(-c2ccccn2)no1)N(Cc1ccco1)Cc1cccs1. The molecular formula is C20H18N4O3S. The van der Waals surface area contributed by atoms with Crippen LogP contribution in [0.3, 0.4) is 0 Å². The molecule has 4 rings (SSSR count). The van der Waals surface area contributed by atoms with Crippen LogP contribution < -0.4 is 0 Å². The van der Waals surface area contributed by atoms with E-state index in [0.29, 0.717) is 36.9 Å². The Morgan fingerprint density at radius 2 is 2.07 bits per heavy atom. The molecule has 0 saturated carbocycles. The third-order valence-electron chi connectivity index (χ3n) is 4.12. The molecule has 0 aliphatic heterocycles. The van der Waals surface area contributed by atoms with Crippen LogP contribution in [0.25, 0.3) is 11.5 Å². The highest BCUT2D eigenvalue weighted by atomic mass is 32.1. The minimum Gasteiger partial charge on any atom is -0.467 e. The minimum atomic E-state index is 0.00221. The van der Waals surface area contributed by atoms with Crippen molar-refractivity contribution in [1.29, 1.82) is 0 Å². The molecule has 28 heavy (non-hydrogen) atoms. The van der Waals surface area contributed by atoms with Gasteiger partial charge in [-0.1, -0.05) is 17.3 Å². The molecule has 0 bridgehead atoms. The summed E-state index contributed by atoms with van der Waals surface area (Å²) in [5.74, 6) is 1.60. The lowest BCUT2D eigenvalue weighted by Crippen LogP contribution is -2.29. The molecule has 0 spiro atoms. The van der Waals surface area contributed by atoms with Gasteiger partial charge in [0.2, 0.25) is 17.6 Å². The van der Waals surface area contributed by atoms with Gasteiger partial charge in [-0.15, -0.1) is 11.3 Å². The summed E-state index contributed by atoms with van der Waals surface area (Å²) in [7, 11) is 0. The first-order valence-electron chi connectivity index (χ1n) is 8.84. The van der Waals surface area contributed by atoms with Crippen LogP contribution in [0.1, 0.15) is 22.9 Å². The van der Waals surface area contributed by atoms with Crippen molar-refractivity contribution in [2.45, 2.75) is 25.9 Å². The van der Waals surface area contributed by atoms with Gasteiger partial charge < -0.3 is 13.8 Å². The number of amides is 1. The van der Waals surface area contributed by atoms with Gasteiger partial charge in [-0.3, -0.25) is 9.78 Å². The fourth-order valence-electron chi connectivity index (χ4n) is 2.74. The highest BCUT2D eigenvalue weighted by Crippen LogP contribution is 2.17. The zero-order valence-corrected chi connectivity index (χ0v) is 15.8. The Hall–Kier alpha value is -3.26. The normalized spacial score (nSPS) is 10.9. The number of aromatic nitrogens is 3. The average molecular weight is 394 g/mol. The molecule has 0 saturated heterocycles. The number of hydrogen-bond acceptors (Lipinski definition) is 7. The maximum atomic E-state index is 12.8. The van der Waals surface area contributed by atoms with Gasteiger partial charge in [-0.05, 0) is 35.7 Å². The molecule has 0 aromatic carbocycles. The molecule has 0 unspecified atom stereocenters. The predicted molar refractivity (Wildman–Crippen MR) is 103 cm³/mol. The highest BCUT2D eigenvalue weighted by Gasteiger charge is 2.18. The van der Waals surface area contributed by atoms with Crippen LogP contribution in [0.4, 0.5) is 0 Å². The fraction of sp³-hybridized carbons (Fsp3) is 0.200. The van der Waals surface area contributed by atoms with E-state index in [1.165, 1.54) is 0 Å². The summed E-state index contributed by atoms with van der Waals surface area (Å²) >= 11 is 1.62. The molecule has 8 heteroatoms. The molecule has 0 radical (unpaired) electrons. The van der Waals surface area contributed by atoms with E-state index in [1.54, 1.807) is 28.7 Å². The number of pyridine rings is 1. The fourth-order valence-corrected chi connectivity index (χ4v) is 3.46. The Labute approximate surface area is 165 Å². The Morgan fingerprint density at radius 3 is 2.82 bits per heavy atom. The summed E-state index contributed by atoms with van der Waals surface area (Å²) in [4.78, 5) is 24.3. The molecule has 4 aromatic rings. The van der Waals surface area contributed by atoms with Crippen molar-refractivity contribution >= 4 is 17.2 Å². The lowest BCUT2D eigenvalue weighted by molar-refractivity contribution is -0.132. The van der Waals surface area contributed by atoms with E-state index in [-0.39, 0.29) is 12.3 Å². The Balaban J connectivity index is 1.40. The monoisotopic (exact) mass is 394 g/mol. The molecule has 0 aliphatic rings. The van der Waals surface area contributed by atoms with E-state index in [1.807, 2.05) is 47.8 Å². The first-order chi connectivity index (χ1) is 13.8. The zero-order chi connectivity index (χ0) is 19.2. The van der Waals surface area contributed by atoms with E-state index in [0.717, 1.165) is 10.6 Å². The second-order valence-corrected chi connectivity index (χ2v) is 7.17. The van der Waals surface area contributed by atoms with Crippen LogP contribution in [0, 0.1) is 0 Å². The molecule has 4 aromatic heterocycles. The van der Waals surface area contributed by atoms with Crippen molar-refractivity contribution in [2.24, 2.45) is 0 Å². The number of thiophene rings is 1. The molecule has 7 nitrogen and oxygen atoms in total. The zero-order valence-electron chi connectivity index (χ0n) is 15.0. The Morgan fingerprint density at radius 1 is 1.11 bits per heavy atom. The van der Waals surface area contributed by atoms with Gasteiger partial charge in [0.1, 0.15) is 11.5 Å². The summed E-state index contributed by atoms with van der Waals surface area (Å²) in [6.07, 6.45) is 3.93. The summed E-state index contributed by atoms with van der Waals surface area (Å²) < 4.78 is 10.7. The van der Waals surface area contributed by atoms with Crippen LogP contribution in [-0.4, -0.2) is 25.9 Å². The van der Waals surface area contributed by atoms with Crippen molar-refractivity contribution in [2.75, 3.05) is 0 Å². The topological polar surface area (TPSA) is 85.3 Å². The molecule has 0 N–H and O–H groups in total. The van der Waals surface area contributed by atoms with Gasteiger partial charge in [0.25, 0.3) is 0 Å². The van der Waals surface area contributed by atoms with Gasteiger partial charge in [0.15, 0.2) is 0 Å². The molecule has 4 heterocycles. The standard InChI is InChI=1S/C20H18N4O3S/c25-19(9-8-18-22-20(23-27-18)17-7-1-2-10-21-17)24(13-15-5-3-11-26-15)14-16-6-4-12-28-16/h1-7,10-12H,8-9,13-14H2. The number of aryl methyl sites for hydroxylation is 1. The largest absolute Gasteiger partial charge is 0.467 e. The first kappa shape index (κ1) is 18.1. The molecule has 1 amide bonds. The predicted octanol–water partition coefficient (Wildman–Crippen LogP) is 3.95. The lowest BCUT2D eigenvalue weighted by atomic mass is 10.2. The summed E-state index contributed by atoms with van der Waals surface area (Å²) in [6.45, 7) is 0.965. The van der Waals surface area contributed by atoms with Crippen LogP contribution >= 0.6 is 11.3 Å². The van der Waals surface area contributed by atoms with Crippen LogP contribution in [0.2, 0.25) is 0 Å². The summed E-state index contributed by atoms with van der Waals surface area (Å²) in [6, 6.07) is 13.2. The van der Waals surface area contributed by atoms with E-state index in [9.17, 15) is 4.79 Å². The summed E-state index contributed by atoms with van der Waals surface area (Å²) in [5.41, 5.74) is 0.640. The van der Waals surface area contributed by atoms with Crippen molar-refractivity contribution in [3.05, 3.63) is 76.8 Å². The van der Waals surface area contributed by atoms with Gasteiger partial charge in [-0.2, -0.15) is 4.98 Å². The number of carbonyl (C=O) groups excluding carboxylic acids is 1. The average Bonchev–Trinajstić information content (AvgIpc) is 3.49. The number of rotatable bonds is 8. The van der Waals surface area contributed by atoms with Crippen LogP contribution in [0.15, 0.2) is 69.2 Å². The van der Waals surface area contributed by atoms with Crippen LogP contribution in [0.5, 0.6) is 0 Å². The van der Waals surface area contributed by atoms with Gasteiger partial charge in [0, 0.05) is 23.9 Å². The minimum absolute atomic E-state index is 0.00221. The van der Waals surface area contributed by atoms with Gasteiger partial charge in [-0.25, -0.2) is 0 Å². The number of furan rings is 1. The Kier molecular flexibility index (Phi) is 5.58. The molecule has 0 aliphatic carbocycles. The van der Waals surface area contributed by atoms with E-state index >= 15 is 0 Å². The maximum absolute atomic E-state index is 12.8. The van der Waals surface area contributed by atoms with Gasteiger partial charge >= 0.3 is 0 Å². The molecule has 142 valence electrons. The van der Waals surface area contributed by atoms with Crippen molar-refractivity contribution in [3.8, 4) is 11.5 Å². The van der Waals surface area contributed by atoms with Crippen molar-refractivity contribution < 1.29 is 13.7 Å². The lowest BCUT2D eigenvalue weighted by Gasteiger charge is -2.20. The van der Waals surface area contributed by atoms with E-state index in [4.69, 9.17) is 8.94 Å². The third kappa shape index (κ3) is 4.52. The first-order valence-corrected chi connectivity index (χ1v) is 9.72. The highest BCUT2D eigenvalue weighted by molar-refractivity contribution is 7.09. The number of carbonyl (C=O) groups is 1. The van der Waals surface area contributed by atoms with E-state index < -0.39 is 0 Å².